The zero-order valence-corrected chi connectivity index (χ0v) is 13.7. The van der Waals surface area contributed by atoms with E-state index in [9.17, 15) is 0 Å². The van der Waals surface area contributed by atoms with Crippen molar-refractivity contribution >= 4 is 40.7 Å². The van der Waals surface area contributed by atoms with Gasteiger partial charge in [-0.25, -0.2) is 4.58 Å². The van der Waals surface area contributed by atoms with Crippen LogP contribution in [0, 0.1) is 0 Å². The van der Waals surface area contributed by atoms with Gasteiger partial charge in [0.25, 0.3) is 0 Å². The van der Waals surface area contributed by atoms with E-state index in [-0.39, 0.29) is 0 Å². The van der Waals surface area contributed by atoms with Crippen molar-refractivity contribution in [3.63, 3.8) is 0 Å². The number of para-hydroxylation sites is 1. The third-order valence-corrected chi connectivity index (χ3v) is 4.47. The van der Waals surface area contributed by atoms with Gasteiger partial charge in [0.2, 0.25) is 5.69 Å². The minimum atomic E-state index is 0.696. The summed E-state index contributed by atoms with van der Waals surface area (Å²) in [7, 11) is 2.13. The van der Waals surface area contributed by atoms with Crippen molar-refractivity contribution < 1.29 is 4.58 Å². The van der Waals surface area contributed by atoms with Gasteiger partial charge >= 0.3 is 5.84 Å². The Hall–Kier alpha value is -2.17. The molecule has 2 heterocycles. The third kappa shape index (κ3) is 2.76. The van der Waals surface area contributed by atoms with Gasteiger partial charge < -0.3 is 5.32 Å². The van der Waals surface area contributed by atoms with E-state index in [1.54, 1.807) is 0 Å². The van der Waals surface area contributed by atoms with E-state index in [0.717, 1.165) is 48.1 Å². The molecule has 1 N–H and O–H groups in total. The first-order valence-corrected chi connectivity index (χ1v) is 8.12. The molecular weight excluding hydrogens is 308 g/mol. The van der Waals surface area contributed by atoms with Crippen molar-refractivity contribution in [2.24, 2.45) is 4.99 Å². The number of fused-ring (bicyclic) bond motifs is 2. The Morgan fingerprint density at radius 3 is 2.87 bits per heavy atom. The fourth-order valence-electron chi connectivity index (χ4n) is 2.92. The summed E-state index contributed by atoms with van der Waals surface area (Å²) < 4.78 is 2.25. The SMILES string of the molecule is CN1CC=[N+](C2=Nc3cc(Cl)ccc3Nc3ccccc32)CC1. The molecule has 0 unspecified atom stereocenters. The predicted octanol–water partition coefficient (Wildman–Crippen LogP) is 3.50. The summed E-state index contributed by atoms with van der Waals surface area (Å²) in [5, 5.41) is 4.18. The highest BCUT2D eigenvalue weighted by Gasteiger charge is 2.27. The second kappa shape index (κ2) is 5.80. The van der Waals surface area contributed by atoms with Crippen LogP contribution in [0.1, 0.15) is 5.56 Å². The number of hydrogen-bond donors (Lipinski definition) is 1. The second-order valence-electron chi connectivity index (χ2n) is 5.91. The molecule has 2 aliphatic rings. The molecule has 0 atom stereocenters. The smallest absolute Gasteiger partial charge is 0.332 e. The van der Waals surface area contributed by atoms with Crippen LogP contribution in [0.15, 0.2) is 47.5 Å². The van der Waals surface area contributed by atoms with E-state index >= 15 is 0 Å². The van der Waals surface area contributed by atoms with Gasteiger partial charge in [-0.05, 0) is 36.3 Å². The summed E-state index contributed by atoms with van der Waals surface area (Å²) in [6.45, 7) is 2.88. The van der Waals surface area contributed by atoms with Crippen LogP contribution in [0.25, 0.3) is 0 Å². The maximum atomic E-state index is 6.17. The normalized spacial score (nSPS) is 17.3. The summed E-state index contributed by atoms with van der Waals surface area (Å²) in [4.78, 5) is 7.23. The number of aliphatic imine (C=N–C) groups is 1. The molecule has 0 aromatic heterocycles. The van der Waals surface area contributed by atoms with Crippen LogP contribution < -0.4 is 5.32 Å². The number of benzene rings is 2. The number of nitrogens with zero attached hydrogens (tertiary/aromatic N) is 3. The molecular formula is C18H18ClN4+. The molecule has 0 aliphatic carbocycles. The van der Waals surface area contributed by atoms with Gasteiger partial charge in [-0.3, -0.25) is 4.90 Å². The molecule has 0 spiro atoms. The van der Waals surface area contributed by atoms with Gasteiger partial charge in [0, 0.05) is 17.6 Å². The van der Waals surface area contributed by atoms with Crippen molar-refractivity contribution in [3.8, 4) is 0 Å². The van der Waals surface area contributed by atoms with Gasteiger partial charge in [-0.1, -0.05) is 23.7 Å². The molecule has 0 radical (unpaired) electrons. The average Bonchev–Trinajstić information content (AvgIpc) is 2.72. The highest BCUT2D eigenvalue weighted by atomic mass is 35.5. The Balaban J connectivity index is 1.90. The number of halogens is 1. The Morgan fingerprint density at radius 2 is 2.04 bits per heavy atom. The monoisotopic (exact) mass is 325 g/mol. The molecule has 0 fully saturated rings. The van der Waals surface area contributed by atoms with E-state index in [1.165, 1.54) is 0 Å². The van der Waals surface area contributed by atoms with Crippen molar-refractivity contribution in [2.45, 2.75) is 0 Å². The van der Waals surface area contributed by atoms with E-state index in [4.69, 9.17) is 16.6 Å². The average molecular weight is 326 g/mol. The number of rotatable bonds is 0. The number of amidine groups is 1. The molecule has 4 rings (SSSR count). The molecule has 5 heteroatoms. The van der Waals surface area contributed by atoms with Gasteiger partial charge in [-0.2, -0.15) is 0 Å². The summed E-state index contributed by atoms with van der Waals surface area (Å²) in [6.07, 6.45) is 2.20. The van der Waals surface area contributed by atoms with Crippen LogP contribution in [0.5, 0.6) is 0 Å². The van der Waals surface area contributed by atoms with Crippen LogP contribution in [-0.2, 0) is 0 Å². The lowest BCUT2D eigenvalue weighted by Crippen LogP contribution is -2.40. The fraction of sp³-hybridized carbons (Fsp3) is 0.222. The summed E-state index contributed by atoms with van der Waals surface area (Å²) in [5.74, 6) is 0.974. The number of likely N-dealkylation sites (N-methyl/N-ethyl adjacent to an activating group) is 1. The van der Waals surface area contributed by atoms with Gasteiger partial charge in [0.15, 0.2) is 0 Å². The van der Waals surface area contributed by atoms with Crippen LogP contribution in [0.3, 0.4) is 0 Å². The first-order valence-electron chi connectivity index (χ1n) is 7.74. The van der Waals surface area contributed by atoms with E-state index in [0.29, 0.717) is 5.02 Å². The maximum Gasteiger partial charge on any atom is 0.332 e. The molecule has 23 heavy (non-hydrogen) atoms. The van der Waals surface area contributed by atoms with Crippen LogP contribution >= 0.6 is 11.6 Å². The molecule has 0 saturated carbocycles. The van der Waals surface area contributed by atoms with Crippen LogP contribution in [0.2, 0.25) is 5.02 Å². The molecule has 4 nitrogen and oxygen atoms in total. The van der Waals surface area contributed by atoms with E-state index in [1.807, 2.05) is 24.3 Å². The maximum absolute atomic E-state index is 6.17. The highest BCUT2D eigenvalue weighted by Crippen LogP contribution is 2.35. The van der Waals surface area contributed by atoms with Crippen LogP contribution in [0.4, 0.5) is 17.1 Å². The van der Waals surface area contributed by atoms with Crippen molar-refractivity contribution in [1.29, 1.82) is 0 Å². The molecule has 2 aromatic rings. The van der Waals surface area contributed by atoms with Gasteiger partial charge in [-0.15, -0.1) is 0 Å². The van der Waals surface area contributed by atoms with E-state index in [2.05, 4.69) is 46.3 Å². The van der Waals surface area contributed by atoms with Gasteiger partial charge in [0.1, 0.15) is 6.54 Å². The Labute approximate surface area is 140 Å². The lowest BCUT2D eigenvalue weighted by atomic mass is 10.1. The predicted molar refractivity (Wildman–Crippen MR) is 96.1 cm³/mol. The number of hydrogen-bond acceptors (Lipinski definition) is 3. The van der Waals surface area contributed by atoms with Crippen molar-refractivity contribution in [3.05, 3.63) is 53.1 Å². The minimum absolute atomic E-state index is 0.696. The lowest BCUT2D eigenvalue weighted by Gasteiger charge is -2.20. The molecule has 2 aliphatic heterocycles. The zero-order chi connectivity index (χ0) is 15.8. The molecule has 116 valence electrons. The number of anilines is 2. The first kappa shape index (κ1) is 14.4. The quantitative estimate of drug-likeness (QED) is 0.751. The highest BCUT2D eigenvalue weighted by molar-refractivity contribution is 6.31. The Morgan fingerprint density at radius 1 is 1.17 bits per heavy atom. The summed E-state index contributed by atoms with van der Waals surface area (Å²) in [5.41, 5.74) is 4.03. The van der Waals surface area contributed by atoms with Crippen molar-refractivity contribution in [1.82, 2.24) is 4.90 Å². The van der Waals surface area contributed by atoms with Crippen molar-refractivity contribution in [2.75, 3.05) is 32.0 Å². The molecule has 0 bridgehead atoms. The third-order valence-electron chi connectivity index (χ3n) is 4.23. The Bertz CT molecular complexity index is 826. The molecule has 0 saturated heterocycles. The Kier molecular flexibility index (Phi) is 3.63. The number of nitrogens with one attached hydrogen (secondary N) is 1. The topological polar surface area (TPSA) is 30.6 Å². The second-order valence-corrected chi connectivity index (χ2v) is 6.34. The molecule has 0 amide bonds. The fourth-order valence-corrected chi connectivity index (χ4v) is 3.09. The zero-order valence-electron chi connectivity index (χ0n) is 13.0. The summed E-state index contributed by atoms with van der Waals surface area (Å²) >= 11 is 6.17. The van der Waals surface area contributed by atoms with Crippen LogP contribution in [-0.4, -0.2) is 48.2 Å². The van der Waals surface area contributed by atoms with Gasteiger partial charge in [0.05, 0.1) is 29.7 Å². The summed E-state index contributed by atoms with van der Waals surface area (Å²) in [6, 6.07) is 14.1. The van der Waals surface area contributed by atoms with E-state index < -0.39 is 0 Å². The minimum Gasteiger partial charge on any atom is -0.351 e. The molecule has 2 aromatic carbocycles. The lowest BCUT2D eigenvalue weighted by molar-refractivity contribution is -0.410. The first-order chi connectivity index (χ1) is 11.2. The largest absolute Gasteiger partial charge is 0.351 e. The standard InChI is InChI=1S/C18H18ClN4/c1-22-8-10-23(11-9-22)18-14-4-2-3-5-15(14)20-16-7-6-13(19)12-17(16)21-18/h2-7,10,12,20H,8-9,11H2,1H3/q+1.